The van der Waals surface area contributed by atoms with Crippen LogP contribution in [0.2, 0.25) is 0 Å². The number of hydrogen-bond donors (Lipinski definition) is 2. The lowest BCUT2D eigenvalue weighted by Crippen LogP contribution is -2.32. The molecule has 9 nitrogen and oxygen atoms in total. The third kappa shape index (κ3) is 5.19. The Morgan fingerprint density at radius 3 is 2.67 bits per heavy atom. The second-order valence-electron chi connectivity index (χ2n) is 6.13. The number of aromatic nitrogens is 3. The SMILES string of the molecule is COc1cccc(NC(=O)NCc2nc(OC)nc(N3CCCCC3)n2)c1. The van der Waals surface area contributed by atoms with Crippen molar-refractivity contribution in [1.82, 2.24) is 20.3 Å². The Balaban J connectivity index is 1.63. The van der Waals surface area contributed by atoms with E-state index >= 15 is 0 Å². The fourth-order valence-electron chi connectivity index (χ4n) is 2.83. The van der Waals surface area contributed by atoms with Gasteiger partial charge in [0.05, 0.1) is 20.8 Å². The van der Waals surface area contributed by atoms with Gasteiger partial charge in [0, 0.05) is 24.8 Å². The summed E-state index contributed by atoms with van der Waals surface area (Å²) in [4.78, 5) is 27.3. The first-order chi connectivity index (χ1) is 13.2. The molecule has 0 aliphatic carbocycles. The molecule has 0 bridgehead atoms. The van der Waals surface area contributed by atoms with Crippen LogP contribution in [0.25, 0.3) is 0 Å². The Morgan fingerprint density at radius 1 is 1.11 bits per heavy atom. The van der Waals surface area contributed by atoms with Gasteiger partial charge in [-0.15, -0.1) is 0 Å². The van der Waals surface area contributed by atoms with Gasteiger partial charge >= 0.3 is 12.0 Å². The second kappa shape index (κ2) is 9.02. The maximum atomic E-state index is 12.2. The van der Waals surface area contributed by atoms with Crippen molar-refractivity contribution < 1.29 is 14.3 Å². The number of nitrogens with zero attached hydrogens (tertiary/aromatic N) is 4. The molecule has 2 aromatic rings. The summed E-state index contributed by atoms with van der Waals surface area (Å²) in [6.45, 7) is 1.99. The highest BCUT2D eigenvalue weighted by molar-refractivity contribution is 5.89. The average Bonchev–Trinajstić information content (AvgIpc) is 2.72. The van der Waals surface area contributed by atoms with Gasteiger partial charge in [0.2, 0.25) is 5.95 Å². The molecule has 3 rings (SSSR count). The molecule has 0 unspecified atom stereocenters. The maximum absolute atomic E-state index is 12.2. The first kappa shape index (κ1) is 18.7. The first-order valence-corrected chi connectivity index (χ1v) is 8.91. The first-order valence-electron chi connectivity index (χ1n) is 8.91. The van der Waals surface area contributed by atoms with E-state index in [1.54, 1.807) is 25.3 Å². The third-order valence-electron chi connectivity index (χ3n) is 4.21. The zero-order valence-corrected chi connectivity index (χ0v) is 15.6. The van der Waals surface area contributed by atoms with Gasteiger partial charge in [0.1, 0.15) is 5.75 Å². The zero-order chi connectivity index (χ0) is 19.1. The van der Waals surface area contributed by atoms with Crippen molar-refractivity contribution in [2.45, 2.75) is 25.8 Å². The van der Waals surface area contributed by atoms with E-state index in [4.69, 9.17) is 9.47 Å². The Labute approximate surface area is 158 Å². The molecule has 144 valence electrons. The summed E-state index contributed by atoms with van der Waals surface area (Å²) >= 11 is 0. The van der Waals surface area contributed by atoms with Gasteiger partial charge in [-0.05, 0) is 31.4 Å². The molecular weight excluding hydrogens is 348 g/mol. The number of ether oxygens (including phenoxy) is 2. The van der Waals surface area contributed by atoms with Crippen LogP contribution in [0.3, 0.4) is 0 Å². The van der Waals surface area contributed by atoms with E-state index in [9.17, 15) is 4.79 Å². The van der Waals surface area contributed by atoms with Gasteiger partial charge in [-0.2, -0.15) is 15.0 Å². The Bertz CT molecular complexity index is 779. The van der Waals surface area contributed by atoms with Gasteiger partial charge in [-0.25, -0.2) is 4.79 Å². The lowest BCUT2D eigenvalue weighted by Gasteiger charge is -2.26. The topological polar surface area (TPSA) is 102 Å². The highest BCUT2D eigenvalue weighted by atomic mass is 16.5. The fourth-order valence-corrected chi connectivity index (χ4v) is 2.83. The maximum Gasteiger partial charge on any atom is 0.321 e. The van der Waals surface area contributed by atoms with Crippen LogP contribution in [0.5, 0.6) is 11.8 Å². The van der Waals surface area contributed by atoms with Gasteiger partial charge < -0.3 is 25.0 Å². The molecule has 1 aliphatic heterocycles. The average molecular weight is 372 g/mol. The number of methoxy groups -OCH3 is 2. The van der Waals surface area contributed by atoms with Crippen LogP contribution < -0.4 is 25.0 Å². The molecule has 0 spiro atoms. The molecule has 0 saturated carbocycles. The molecule has 9 heteroatoms. The van der Waals surface area contributed by atoms with E-state index in [-0.39, 0.29) is 18.6 Å². The van der Waals surface area contributed by atoms with Crippen molar-refractivity contribution in [3.8, 4) is 11.8 Å². The van der Waals surface area contributed by atoms with Crippen molar-refractivity contribution in [2.24, 2.45) is 0 Å². The number of carbonyl (C=O) groups is 1. The Morgan fingerprint density at radius 2 is 1.93 bits per heavy atom. The molecule has 1 aromatic heterocycles. The number of urea groups is 1. The number of anilines is 2. The molecule has 1 fully saturated rings. The summed E-state index contributed by atoms with van der Waals surface area (Å²) in [7, 11) is 3.09. The molecule has 2 amide bonds. The number of carbonyl (C=O) groups excluding carboxylic acids is 1. The minimum Gasteiger partial charge on any atom is -0.497 e. The van der Waals surface area contributed by atoms with E-state index in [0.717, 1.165) is 25.9 Å². The number of hydrogen-bond acceptors (Lipinski definition) is 7. The lowest BCUT2D eigenvalue weighted by atomic mass is 10.1. The minimum atomic E-state index is -0.359. The van der Waals surface area contributed by atoms with Crippen LogP contribution >= 0.6 is 0 Å². The van der Waals surface area contributed by atoms with Gasteiger partial charge in [0.15, 0.2) is 5.82 Å². The van der Waals surface area contributed by atoms with Gasteiger partial charge in [-0.3, -0.25) is 0 Å². The Hall–Kier alpha value is -3.10. The third-order valence-corrected chi connectivity index (χ3v) is 4.21. The van der Waals surface area contributed by atoms with Crippen LogP contribution in [0.15, 0.2) is 24.3 Å². The van der Waals surface area contributed by atoms with Crippen LogP contribution in [0, 0.1) is 0 Å². The molecule has 0 atom stereocenters. The van der Waals surface area contributed by atoms with Crippen molar-refractivity contribution >= 4 is 17.7 Å². The molecule has 0 radical (unpaired) electrons. The zero-order valence-electron chi connectivity index (χ0n) is 15.6. The predicted octanol–water partition coefficient (Wildman–Crippen LogP) is 2.20. The van der Waals surface area contributed by atoms with Gasteiger partial charge in [0.25, 0.3) is 0 Å². The second-order valence-corrected chi connectivity index (χ2v) is 6.13. The normalized spacial score (nSPS) is 13.8. The van der Waals surface area contributed by atoms with E-state index in [0.29, 0.717) is 23.2 Å². The Kier molecular flexibility index (Phi) is 6.24. The standard InChI is InChI=1S/C18H24N6O3/c1-26-14-8-6-7-13(11-14)20-17(25)19-12-15-21-16(23-18(22-15)27-2)24-9-4-3-5-10-24/h6-8,11H,3-5,9-10,12H2,1-2H3,(H2,19,20,25). The van der Waals surface area contributed by atoms with Crippen LogP contribution in [-0.4, -0.2) is 48.3 Å². The van der Waals surface area contributed by atoms with Crippen LogP contribution in [-0.2, 0) is 6.54 Å². The minimum absolute atomic E-state index is 0.162. The summed E-state index contributed by atoms with van der Waals surface area (Å²) in [5, 5.41) is 5.50. The summed E-state index contributed by atoms with van der Waals surface area (Å²) in [6.07, 6.45) is 3.45. The molecule has 27 heavy (non-hydrogen) atoms. The highest BCUT2D eigenvalue weighted by Gasteiger charge is 2.17. The lowest BCUT2D eigenvalue weighted by molar-refractivity contribution is 0.251. The fraction of sp³-hybridized carbons (Fsp3) is 0.444. The molecule has 1 saturated heterocycles. The summed E-state index contributed by atoms with van der Waals surface area (Å²) < 4.78 is 10.3. The van der Waals surface area contributed by atoms with E-state index < -0.39 is 0 Å². The number of benzene rings is 1. The summed E-state index contributed by atoms with van der Waals surface area (Å²) in [5.74, 6) is 1.70. The van der Waals surface area contributed by atoms with Crippen molar-refractivity contribution in [1.29, 1.82) is 0 Å². The smallest absolute Gasteiger partial charge is 0.321 e. The van der Waals surface area contributed by atoms with Gasteiger partial charge in [-0.1, -0.05) is 6.07 Å². The van der Waals surface area contributed by atoms with Crippen molar-refractivity contribution in [3.63, 3.8) is 0 Å². The van der Waals surface area contributed by atoms with E-state index in [1.165, 1.54) is 13.5 Å². The number of piperidine rings is 1. The summed E-state index contributed by atoms with van der Waals surface area (Å²) in [6, 6.07) is 7.01. The quantitative estimate of drug-likeness (QED) is 0.801. The predicted molar refractivity (Wildman–Crippen MR) is 101 cm³/mol. The molecule has 2 N–H and O–H groups in total. The highest BCUT2D eigenvalue weighted by Crippen LogP contribution is 2.18. The number of nitrogens with one attached hydrogen (secondary N) is 2. The molecule has 1 aromatic carbocycles. The van der Waals surface area contributed by atoms with E-state index in [2.05, 4.69) is 30.5 Å². The van der Waals surface area contributed by atoms with Crippen molar-refractivity contribution in [2.75, 3.05) is 37.5 Å². The molecular formula is C18H24N6O3. The van der Waals surface area contributed by atoms with Crippen LogP contribution in [0.4, 0.5) is 16.4 Å². The molecule has 1 aliphatic rings. The van der Waals surface area contributed by atoms with Crippen molar-refractivity contribution in [3.05, 3.63) is 30.1 Å². The summed E-state index contributed by atoms with van der Waals surface area (Å²) in [5.41, 5.74) is 0.633. The van der Waals surface area contributed by atoms with Crippen LogP contribution in [0.1, 0.15) is 25.1 Å². The number of rotatable bonds is 6. The monoisotopic (exact) mass is 372 g/mol. The largest absolute Gasteiger partial charge is 0.497 e. The van der Waals surface area contributed by atoms with E-state index in [1.807, 2.05) is 6.07 Å². The molecule has 2 heterocycles. The number of amides is 2.